The van der Waals surface area contributed by atoms with E-state index in [-0.39, 0.29) is 11.7 Å². The zero-order chi connectivity index (χ0) is 24.4. The Morgan fingerprint density at radius 3 is 2.12 bits per heavy atom. The topological polar surface area (TPSA) is 120 Å². The van der Waals surface area contributed by atoms with Gasteiger partial charge >= 0.3 is 5.97 Å². The fourth-order valence-electron chi connectivity index (χ4n) is 1.82. The molecular weight excluding hydrogens is 473 g/mol. The third kappa shape index (κ3) is 15.5. The summed E-state index contributed by atoms with van der Waals surface area (Å²) in [5, 5.41) is 12.8. The van der Waals surface area contributed by atoms with Crippen LogP contribution in [0.3, 0.4) is 0 Å². The summed E-state index contributed by atoms with van der Waals surface area (Å²) in [6.45, 7) is 7.29. The number of nitrogens with zero attached hydrogens (tertiary/aromatic N) is 1. The number of thioether (sulfide) groups is 1. The molecule has 0 amide bonds. The summed E-state index contributed by atoms with van der Waals surface area (Å²) in [6, 6.07) is 13.0. The number of carboxylic acids is 1. The first-order valence-electron chi connectivity index (χ1n) is 9.90. The molecule has 0 bridgehead atoms. The van der Waals surface area contributed by atoms with Gasteiger partial charge in [0.2, 0.25) is 5.96 Å². The van der Waals surface area contributed by atoms with Crippen LogP contribution >= 0.6 is 35.0 Å². The summed E-state index contributed by atoms with van der Waals surface area (Å²) >= 11 is 12.7. The molecule has 0 atom stereocenters. The summed E-state index contributed by atoms with van der Waals surface area (Å²) in [7, 11) is 0. The van der Waals surface area contributed by atoms with Crippen molar-refractivity contribution >= 4 is 46.9 Å². The van der Waals surface area contributed by atoms with Crippen molar-refractivity contribution in [1.82, 2.24) is 0 Å². The molecule has 0 aliphatic heterocycles. The fraction of sp³-hybridized carbons (Fsp3) is 0.364. The Morgan fingerprint density at radius 1 is 1.06 bits per heavy atom. The zero-order valence-corrected chi connectivity index (χ0v) is 20.8. The van der Waals surface area contributed by atoms with Crippen LogP contribution in [0, 0.1) is 6.92 Å². The van der Waals surface area contributed by atoms with E-state index in [1.807, 2.05) is 31.2 Å². The summed E-state index contributed by atoms with van der Waals surface area (Å²) in [5.74, 6) is -0.142. The van der Waals surface area contributed by atoms with E-state index in [0.717, 1.165) is 23.9 Å². The molecule has 7 nitrogen and oxygen atoms in total. The minimum Gasteiger partial charge on any atom is -0.493 e. The minimum absolute atomic E-state index is 0.0382. The molecule has 0 saturated heterocycles. The number of carboxylic acid groups (broad SMARTS) is 1. The molecule has 2 aromatic rings. The molecule has 0 spiro atoms. The maximum atomic E-state index is 10.3. The van der Waals surface area contributed by atoms with Gasteiger partial charge in [-0.1, -0.05) is 67.2 Å². The van der Waals surface area contributed by atoms with Crippen LogP contribution in [-0.2, 0) is 9.63 Å². The molecule has 0 unspecified atom stereocenters. The molecule has 178 valence electrons. The average molecular weight is 504 g/mol. The Bertz CT molecular complexity index is 797. The number of carbonyl (C=O) groups is 1. The van der Waals surface area contributed by atoms with Crippen molar-refractivity contribution in [2.24, 2.45) is 16.6 Å². The number of aliphatic carboxylic acids is 1. The van der Waals surface area contributed by atoms with Crippen molar-refractivity contribution in [3.63, 3.8) is 0 Å². The molecule has 2 rings (SSSR count). The monoisotopic (exact) mass is 503 g/mol. The van der Waals surface area contributed by atoms with E-state index in [1.54, 1.807) is 18.2 Å². The molecule has 0 aromatic heterocycles. The quantitative estimate of drug-likeness (QED) is 0.135. The molecule has 10 heteroatoms. The molecule has 0 radical (unpaired) electrons. The number of hydrogen-bond donors (Lipinski definition) is 3. The van der Waals surface area contributed by atoms with Gasteiger partial charge in [0, 0.05) is 11.3 Å². The summed E-state index contributed by atoms with van der Waals surface area (Å²) < 4.78 is 5.48. The average Bonchev–Trinajstić information content (AvgIpc) is 2.72. The molecule has 0 aliphatic rings. The fourth-order valence-corrected chi connectivity index (χ4v) is 3.23. The lowest BCUT2D eigenvalue weighted by Gasteiger charge is -2.05. The molecule has 2 aromatic carbocycles. The number of oxime groups is 1. The highest BCUT2D eigenvalue weighted by atomic mass is 35.5. The number of ether oxygens (including phenoxy) is 1. The van der Waals surface area contributed by atoms with E-state index >= 15 is 0 Å². The van der Waals surface area contributed by atoms with Gasteiger partial charge in [0.05, 0.1) is 22.4 Å². The van der Waals surface area contributed by atoms with Gasteiger partial charge in [0.1, 0.15) is 12.4 Å². The number of halogens is 2. The van der Waals surface area contributed by atoms with Gasteiger partial charge in [0.25, 0.3) is 0 Å². The highest BCUT2D eigenvalue weighted by Crippen LogP contribution is 2.33. The number of nitrogens with two attached hydrogens (primary N) is 2. The van der Waals surface area contributed by atoms with Crippen molar-refractivity contribution < 1.29 is 19.5 Å². The van der Waals surface area contributed by atoms with Gasteiger partial charge in [-0.25, -0.2) is 0 Å². The molecule has 5 N–H and O–H groups in total. The number of rotatable bonds is 9. The Morgan fingerprint density at radius 2 is 1.62 bits per heavy atom. The van der Waals surface area contributed by atoms with Crippen molar-refractivity contribution in [3.05, 3.63) is 58.1 Å². The van der Waals surface area contributed by atoms with Crippen molar-refractivity contribution in [1.29, 1.82) is 0 Å². The smallest absolute Gasteiger partial charge is 0.313 e. The molecule has 32 heavy (non-hydrogen) atoms. The van der Waals surface area contributed by atoms with Crippen LogP contribution < -0.4 is 16.2 Å². The number of aryl methyl sites for hydroxylation is 1. The van der Waals surface area contributed by atoms with Crippen LogP contribution in [0.15, 0.2) is 52.5 Å². The van der Waals surface area contributed by atoms with Gasteiger partial charge in [-0.05, 0) is 36.3 Å². The molecular formula is C22H31Cl2N3O4S. The lowest BCUT2D eigenvalue weighted by Crippen LogP contribution is -2.23. The third-order valence-electron chi connectivity index (χ3n) is 3.10. The summed E-state index contributed by atoms with van der Waals surface area (Å²) in [5.41, 5.74) is 11.4. The largest absolute Gasteiger partial charge is 0.493 e. The van der Waals surface area contributed by atoms with E-state index in [0.29, 0.717) is 28.2 Å². The van der Waals surface area contributed by atoms with Crippen molar-refractivity contribution in [2.45, 2.75) is 38.5 Å². The molecule has 0 saturated carbocycles. The van der Waals surface area contributed by atoms with E-state index in [9.17, 15) is 4.79 Å². The van der Waals surface area contributed by atoms with Crippen LogP contribution in [0.1, 0.15) is 32.3 Å². The lowest BCUT2D eigenvalue weighted by molar-refractivity contribution is -0.133. The number of guanidine groups is 1. The Hall–Kier alpha value is -2.29. The van der Waals surface area contributed by atoms with Crippen LogP contribution in [0.4, 0.5) is 0 Å². The lowest BCUT2D eigenvalue weighted by atomic mass is 10.2. The van der Waals surface area contributed by atoms with Crippen molar-refractivity contribution in [3.8, 4) is 5.75 Å². The molecule has 0 aliphatic carbocycles. The van der Waals surface area contributed by atoms with Crippen LogP contribution in [-0.4, -0.2) is 36.0 Å². The second-order valence-corrected chi connectivity index (χ2v) is 8.10. The van der Waals surface area contributed by atoms with Gasteiger partial charge in [-0.15, -0.1) is 11.8 Å². The standard InChI is InChI=1S/C11H17N3O2.C8H6Cl2O2S.C3H8/c1-9-3-5-10(6-4-9)15-7-2-8-16-14-11(12)13;9-5-2-1-3-6(10)8(5)13-4-7(11)12;1-3-2/h3-6H,2,7-8H2,1H3,(H4,12,13,14);1-3H,4H2,(H,11,12);3H2,1-2H3. The highest BCUT2D eigenvalue weighted by molar-refractivity contribution is 8.00. The van der Waals surface area contributed by atoms with Gasteiger partial charge in [0.15, 0.2) is 0 Å². The van der Waals surface area contributed by atoms with Crippen LogP contribution in [0.25, 0.3) is 0 Å². The van der Waals surface area contributed by atoms with Gasteiger partial charge < -0.3 is 26.1 Å². The number of hydrogen-bond acceptors (Lipinski definition) is 5. The summed E-state index contributed by atoms with van der Waals surface area (Å²) in [6.07, 6.45) is 1.98. The minimum atomic E-state index is -0.888. The predicted molar refractivity (Wildman–Crippen MR) is 134 cm³/mol. The maximum Gasteiger partial charge on any atom is 0.313 e. The third-order valence-corrected chi connectivity index (χ3v) is 5.07. The Balaban J connectivity index is 0.000000543. The van der Waals surface area contributed by atoms with E-state index in [2.05, 4.69) is 19.0 Å². The summed E-state index contributed by atoms with van der Waals surface area (Å²) in [4.78, 5) is 15.7. The highest BCUT2D eigenvalue weighted by Gasteiger charge is 2.07. The predicted octanol–water partition coefficient (Wildman–Crippen LogP) is 5.56. The van der Waals surface area contributed by atoms with E-state index < -0.39 is 5.97 Å². The van der Waals surface area contributed by atoms with Gasteiger partial charge in [-0.3, -0.25) is 4.79 Å². The van der Waals surface area contributed by atoms with Crippen molar-refractivity contribution in [2.75, 3.05) is 19.0 Å². The van der Waals surface area contributed by atoms with Crippen LogP contribution in [0.2, 0.25) is 10.0 Å². The Kier molecular flexibility index (Phi) is 17.0. The second-order valence-electron chi connectivity index (χ2n) is 6.30. The van der Waals surface area contributed by atoms with E-state index in [4.69, 9.17) is 49.4 Å². The number of benzene rings is 2. The first-order chi connectivity index (χ1) is 15.2. The Labute approximate surface area is 204 Å². The second kappa shape index (κ2) is 18.3. The first kappa shape index (κ1) is 29.7. The first-order valence-corrected chi connectivity index (χ1v) is 11.6. The molecule has 0 fully saturated rings. The van der Waals surface area contributed by atoms with E-state index in [1.165, 1.54) is 12.0 Å². The normalized spacial score (nSPS) is 9.41. The zero-order valence-electron chi connectivity index (χ0n) is 18.5. The maximum absolute atomic E-state index is 10.3. The van der Waals surface area contributed by atoms with Crippen LogP contribution in [0.5, 0.6) is 5.75 Å². The SMILES string of the molecule is CCC.Cc1ccc(OCCCON=C(N)N)cc1.O=C(O)CSc1c(Cl)cccc1Cl. The molecule has 0 heterocycles. The van der Waals surface area contributed by atoms with Gasteiger partial charge in [-0.2, -0.15) is 0 Å².